The van der Waals surface area contributed by atoms with Crippen LogP contribution in [0.4, 0.5) is 5.69 Å². The maximum atomic E-state index is 13.8. The third-order valence-electron chi connectivity index (χ3n) is 13.3. The fourth-order valence-electron chi connectivity index (χ4n) is 8.92. The Balaban J connectivity index is 1.12. The molecule has 0 saturated heterocycles. The van der Waals surface area contributed by atoms with Gasteiger partial charge in [-0.15, -0.1) is 0 Å². The van der Waals surface area contributed by atoms with Crippen LogP contribution in [-0.4, -0.2) is 93.0 Å². The second-order valence-electron chi connectivity index (χ2n) is 20.8. The van der Waals surface area contributed by atoms with Crippen molar-refractivity contribution < 1.29 is 53.6 Å². The lowest BCUT2D eigenvalue weighted by atomic mass is 10.0. The van der Waals surface area contributed by atoms with Crippen LogP contribution < -0.4 is 42.8 Å². The van der Waals surface area contributed by atoms with Gasteiger partial charge < -0.3 is 58.1 Å². The number of nitrogen functional groups attached to an aromatic ring is 1. The molecule has 1 unspecified atom stereocenters. The van der Waals surface area contributed by atoms with Crippen molar-refractivity contribution in [2.24, 2.45) is 11.7 Å². The number of aromatic hydroxyl groups is 1. The summed E-state index contributed by atoms with van der Waals surface area (Å²) >= 11 is 8.33. The molecule has 442 valence electrons. The zero-order valence-corrected chi connectivity index (χ0v) is 54.7. The van der Waals surface area contributed by atoms with Crippen LogP contribution in [0.5, 0.6) is 17.2 Å². The first-order chi connectivity index (χ1) is 38.5. The van der Waals surface area contributed by atoms with E-state index in [2.05, 4.69) is 71.8 Å². The average Bonchev–Trinajstić information content (AvgIpc) is 3.43. The Kier molecular flexibility index (Phi) is 30.8. The van der Waals surface area contributed by atoms with E-state index in [1.165, 1.54) is 6.92 Å². The number of nitrogens with two attached hydrogens (primary N) is 2. The maximum absolute atomic E-state index is 13.8. The minimum absolute atomic E-state index is 0.0541. The summed E-state index contributed by atoms with van der Waals surface area (Å²) in [6.45, 7) is 5.14. The summed E-state index contributed by atoms with van der Waals surface area (Å²) in [6, 6.07) is 17.4. The molecule has 0 saturated carbocycles. The number of aliphatic hydroxyl groups is 1. The molecule has 22 heteroatoms. The Morgan fingerprint density at radius 1 is 0.531 bits per heavy atom. The first-order valence-corrected chi connectivity index (χ1v) is 31.7. The summed E-state index contributed by atoms with van der Waals surface area (Å²) in [7, 11) is 0. The van der Waals surface area contributed by atoms with Gasteiger partial charge in [-0.3, -0.25) is 28.8 Å². The minimum Gasteiger partial charge on any atom is -0.506 e. The monoisotopic (exact) mass is 1570 g/mol. The third kappa shape index (κ3) is 25.5. The number of ether oxygens (including phenoxy) is 1. The average molecular weight is 1570 g/mol. The van der Waals surface area contributed by atoms with Crippen LogP contribution in [0, 0.1) is 20.2 Å². The van der Waals surface area contributed by atoms with E-state index in [4.69, 9.17) is 16.2 Å². The standard InChI is InChI=1S/C59H77I4N7O11/c1-35(2)27-47(56(76)67-46(55(65)75)32-39-28-44(62)54(45(63)29-39)81-41-33-42(60)53(74)43(61)34-41)68-58(78)52(36(3)71)70-51(73)22-18-13-11-9-7-5-4-6-8-10-12-17-21-50(72)66-48(30-38-23-25-40(64)26-24-38)57(77)69-49(59(79)80)31-37-19-15-14-16-20-37/h14-16,19-20,23-26,28-29,33-36,46-49,52,71,74H,4-13,17-18,21-22,27,30-32,64H2,1-3H3,(H2,65,75)(H,66,72)(H,67,76)(H,68,78)(H,69,77)(H,70,73)(H,79,80)/t36?,46-,47-,48-,49-,52-/m0/s1. The predicted molar refractivity (Wildman–Crippen MR) is 346 cm³/mol. The van der Waals surface area contributed by atoms with E-state index in [9.17, 15) is 48.9 Å². The second-order valence-corrected chi connectivity index (χ2v) is 25.4. The molecule has 6 amide bonds. The number of anilines is 1. The number of rotatable bonds is 36. The van der Waals surface area contributed by atoms with Gasteiger partial charge in [0, 0.05) is 37.8 Å². The summed E-state index contributed by atoms with van der Waals surface area (Å²) in [5.41, 5.74) is 14.4. The highest BCUT2D eigenvalue weighted by atomic mass is 127. The van der Waals surface area contributed by atoms with Crippen molar-refractivity contribution in [2.45, 2.75) is 173 Å². The van der Waals surface area contributed by atoms with E-state index in [-0.39, 0.29) is 56.1 Å². The number of carboxylic acid groups (broad SMARTS) is 1. The van der Waals surface area contributed by atoms with E-state index in [0.717, 1.165) is 82.5 Å². The van der Waals surface area contributed by atoms with E-state index < -0.39 is 71.8 Å². The van der Waals surface area contributed by atoms with Crippen LogP contribution in [-0.2, 0) is 52.8 Å². The Labute approximate surface area is 529 Å². The molecule has 6 atom stereocenters. The number of carbonyl (C=O) groups excluding carboxylic acids is 6. The van der Waals surface area contributed by atoms with Crippen LogP contribution in [0.25, 0.3) is 0 Å². The number of halogens is 4. The molecule has 0 aliphatic heterocycles. The highest BCUT2D eigenvalue weighted by Crippen LogP contribution is 2.37. The van der Waals surface area contributed by atoms with E-state index in [0.29, 0.717) is 42.7 Å². The van der Waals surface area contributed by atoms with Crippen LogP contribution in [0.15, 0.2) is 78.9 Å². The highest BCUT2D eigenvalue weighted by molar-refractivity contribution is 14.1. The number of nitrogens with one attached hydrogen (secondary N) is 5. The molecule has 4 aromatic rings. The molecule has 0 bridgehead atoms. The van der Waals surface area contributed by atoms with Crippen LogP contribution in [0.1, 0.15) is 134 Å². The summed E-state index contributed by atoms with van der Waals surface area (Å²) in [4.78, 5) is 91.7. The molecule has 81 heavy (non-hydrogen) atoms. The number of phenolic OH excluding ortho intramolecular Hbond substituents is 1. The zero-order chi connectivity index (χ0) is 59.6. The number of hydrogen-bond acceptors (Lipinski definition) is 11. The summed E-state index contributed by atoms with van der Waals surface area (Å²) < 4.78 is 8.95. The third-order valence-corrected chi connectivity index (χ3v) is 16.6. The molecule has 12 N–H and O–H groups in total. The van der Waals surface area contributed by atoms with E-state index >= 15 is 0 Å². The number of benzene rings is 4. The summed E-state index contributed by atoms with van der Waals surface area (Å²) in [5, 5.41) is 44.2. The fourth-order valence-corrected chi connectivity index (χ4v) is 12.7. The molecule has 0 radical (unpaired) electrons. The Morgan fingerprint density at radius 3 is 1.47 bits per heavy atom. The van der Waals surface area contributed by atoms with Crippen molar-refractivity contribution in [1.29, 1.82) is 0 Å². The van der Waals surface area contributed by atoms with Gasteiger partial charge in [0.15, 0.2) is 5.75 Å². The van der Waals surface area contributed by atoms with Crippen LogP contribution >= 0.6 is 90.4 Å². The number of phenols is 1. The van der Waals surface area contributed by atoms with Crippen molar-refractivity contribution in [3.05, 3.63) is 110 Å². The number of carbonyl (C=O) groups is 7. The quantitative estimate of drug-likeness (QED) is 0.0116. The van der Waals surface area contributed by atoms with Gasteiger partial charge in [0.2, 0.25) is 35.4 Å². The molecule has 0 heterocycles. The molecular weight excluding hydrogens is 1490 g/mol. The Morgan fingerprint density at radius 2 is 0.975 bits per heavy atom. The number of primary amides is 1. The molecule has 0 aliphatic rings. The number of unbranched alkanes of at least 4 members (excludes halogenated alkanes) is 11. The van der Waals surface area contributed by atoms with Crippen LogP contribution in [0.2, 0.25) is 0 Å². The minimum atomic E-state index is -1.32. The largest absolute Gasteiger partial charge is 0.506 e. The van der Waals surface area contributed by atoms with Crippen molar-refractivity contribution in [1.82, 2.24) is 26.6 Å². The highest BCUT2D eigenvalue weighted by Gasteiger charge is 2.32. The van der Waals surface area contributed by atoms with Gasteiger partial charge in [-0.05, 0) is 176 Å². The van der Waals surface area contributed by atoms with Crippen LogP contribution in [0.3, 0.4) is 0 Å². The normalized spacial score (nSPS) is 13.4. The number of amides is 6. The first-order valence-electron chi connectivity index (χ1n) is 27.4. The summed E-state index contributed by atoms with van der Waals surface area (Å²) in [5.74, 6) is -3.29. The van der Waals surface area contributed by atoms with Gasteiger partial charge in [-0.2, -0.15) is 0 Å². The lowest BCUT2D eigenvalue weighted by Gasteiger charge is -2.27. The number of aliphatic hydroxyl groups excluding tert-OH is 1. The zero-order valence-electron chi connectivity index (χ0n) is 46.0. The molecule has 0 aromatic heterocycles. The molecule has 4 rings (SSSR count). The molecule has 0 spiro atoms. The van der Waals surface area contributed by atoms with Gasteiger partial charge in [0.1, 0.15) is 41.7 Å². The van der Waals surface area contributed by atoms with Gasteiger partial charge in [0.05, 0.1) is 20.4 Å². The number of carboxylic acids is 1. The molecule has 0 aliphatic carbocycles. The van der Waals surface area contributed by atoms with Gasteiger partial charge >= 0.3 is 5.97 Å². The molecule has 0 fully saturated rings. The van der Waals surface area contributed by atoms with Gasteiger partial charge in [-0.25, -0.2) is 4.79 Å². The first kappa shape index (κ1) is 68.9. The van der Waals surface area contributed by atoms with Crippen molar-refractivity contribution >= 4 is 137 Å². The number of hydrogen-bond donors (Lipinski definition) is 10. The Hall–Kier alpha value is -4.55. The lowest BCUT2D eigenvalue weighted by molar-refractivity contribution is -0.142. The van der Waals surface area contributed by atoms with Crippen molar-refractivity contribution in [3.63, 3.8) is 0 Å². The van der Waals surface area contributed by atoms with Crippen molar-refractivity contribution in [3.8, 4) is 17.2 Å². The number of aliphatic carboxylic acids is 1. The predicted octanol–water partition coefficient (Wildman–Crippen LogP) is 9.10. The van der Waals surface area contributed by atoms with Gasteiger partial charge in [-0.1, -0.05) is 121 Å². The Bertz CT molecular complexity index is 2670. The SMILES string of the molecule is CC(C)C[C@H](NC(=O)[C@@H](NC(=O)CCCCCCCCCCCCCCC(=O)N[C@@H](Cc1ccc(N)cc1)C(=O)N[C@@H](Cc1ccccc1)C(=O)O)C(C)O)C(=O)N[C@@H](Cc1cc(I)c(Oc2cc(I)c(O)c(I)c2)c(I)c1)C(N)=O. The topological polar surface area (TPSA) is 302 Å². The van der Waals surface area contributed by atoms with E-state index in [1.54, 1.807) is 60.7 Å². The molecule has 4 aromatic carbocycles. The molecular formula is C59H77I4N7O11. The van der Waals surface area contributed by atoms with Gasteiger partial charge in [0.25, 0.3) is 0 Å². The smallest absolute Gasteiger partial charge is 0.326 e. The summed E-state index contributed by atoms with van der Waals surface area (Å²) in [6.07, 6.45) is 11.0. The van der Waals surface area contributed by atoms with Crippen molar-refractivity contribution in [2.75, 3.05) is 5.73 Å². The second kappa shape index (κ2) is 36.2. The maximum Gasteiger partial charge on any atom is 0.326 e. The van der Waals surface area contributed by atoms with E-state index in [1.807, 2.05) is 77.2 Å². The lowest BCUT2D eigenvalue weighted by Crippen LogP contribution is -2.59. The fraction of sp³-hybridized carbons (Fsp3) is 0.475. The molecule has 18 nitrogen and oxygen atoms in total.